The quantitative estimate of drug-likeness (QED) is 0.508. The molecule has 0 radical (unpaired) electrons. The lowest BCUT2D eigenvalue weighted by Crippen LogP contribution is -2.07. The number of hydrogen-bond donors (Lipinski definition) is 3. The summed E-state index contributed by atoms with van der Waals surface area (Å²) >= 11 is 0. The van der Waals surface area contributed by atoms with Gasteiger partial charge in [0.1, 0.15) is 5.75 Å². The van der Waals surface area contributed by atoms with Crippen molar-refractivity contribution in [3.05, 3.63) is 78.4 Å². The molecule has 0 aliphatic heterocycles. The molecule has 4 nitrogen and oxygen atoms in total. The number of anilines is 2. The Morgan fingerprint density at radius 2 is 1.43 bits per heavy atom. The number of aliphatic hydroxyl groups is 1. The zero-order valence-electron chi connectivity index (χ0n) is 12.5. The highest BCUT2D eigenvalue weighted by Gasteiger charge is 2.13. The normalized spacial score (nSPS) is 11.9. The van der Waals surface area contributed by atoms with E-state index in [1.165, 1.54) is 0 Å². The SMILES string of the molecule is Nc1ccc(C(O)Oc2ccc(N)cc2-c2ccccc2)cc1. The van der Waals surface area contributed by atoms with Crippen molar-refractivity contribution in [1.82, 2.24) is 0 Å². The van der Waals surface area contributed by atoms with Gasteiger partial charge >= 0.3 is 0 Å². The van der Waals surface area contributed by atoms with E-state index in [0.29, 0.717) is 22.7 Å². The molecule has 0 aliphatic rings. The Morgan fingerprint density at radius 1 is 0.783 bits per heavy atom. The summed E-state index contributed by atoms with van der Waals surface area (Å²) in [6.45, 7) is 0. The summed E-state index contributed by atoms with van der Waals surface area (Å²) in [4.78, 5) is 0. The molecule has 1 atom stereocenters. The van der Waals surface area contributed by atoms with Crippen molar-refractivity contribution in [3.8, 4) is 16.9 Å². The maximum atomic E-state index is 10.3. The van der Waals surface area contributed by atoms with Crippen molar-refractivity contribution in [2.45, 2.75) is 6.29 Å². The van der Waals surface area contributed by atoms with Crippen LogP contribution >= 0.6 is 0 Å². The van der Waals surface area contributed by atoms with E-state index in [1.54, 1.807) is 36.4 Å². The monoisotopic (exact) mass is 306 g/mol. The first-order valence-corrected chi connectivity index (χ1v) is 7.28. The molecule has 0 bridgehead atoms. The summed E-state index contributed by atoms with van der Waals surface area (Å²) in [6.07, 6.45) is -1.08. The summed E-state index contributed by atoms with van der Waals surface area (Å²) in [5.74, 6) is 0.565. The van der Waals surface area contributed by atoms with Gasteiger partial charge in [0.2, 0.25) is 6.29 Å². The molecule has 3 rings (SSSR count). The number of benzene rings is 3. The van der Waals surface area contributed by atoms with Gasteiger partial charge < -0.3 is 21.3 Å². The highest BCUT2D eigenvalue weighted by molar-refractivity contribution is 5.73. The molecule has 0 aromatic heterocycles. The predicted molar refractivity (Wildman–Crippen MR) is 92.7 cm³/mol. The molecule has 4 heteroatoms. The molecule has 1 unspecified atom stereocenters. The lowest BCUT2D eigenvalue weighted by atomic mass is 10.0. The van der Waals surface area contributed by atoms with Crippen LogP contribution in [-0.2, 0) is 0 Å². The number of nitrogens with two attached hydrogens (primary N) is 2. The van der Waals surface area contributed by atoms with E-state index in [-0.39, 0.29) is 0 Å². The summed E-state index contributed by atoms with van der Waals surface area (Å²) in [5, 5.41) is 10.3. The van der Waals surface area contributed by atoms with Crippen molar-refractivity contribution in [1.29, 1.82) is 0 Å². The number of rotatable bonds is 4. The summed E-state index contributed by atoms with van der Waals surface area (Å²) in [5.41, 5.74) is 15.3. The van der Waals surface area contributed by atoms with Crippen molar-refractivity contribution in [2.75, 3.05) is 11.5 Å². The molecular formula is C19H18N2O2. The molecule has 0 fully saturated rings. The topological polar surface area (TPSA) is 81.5 Å². The fourth-order valence-corrected chi connectivity index (χ4v) is 2.34. The number of nitrogen functional groups attached to an aromatic ring is 2. The molecular weight excluding hydrogens is 288 g/mol. The van der Waals surface area contributed by atoms with Crippen LogP contribution in [0.25, 0.3) is 11.1 Å². The van der Waals surface area contributed by atoms with Gasteiger partial charge in [0, 0.05) is 22.5 Å². The third-order valence-electron chi connectivity index (χ3n) is 3.55. The first-order valence-electron chi connectivity index (χ1n) is 7.28. The molecule has 3 aromatic rings. The molecule has 0 aliphatic carbocycles. The smallest absolute Gasteiger partial charge is 0.224 e. The predicted octanol–water partition coefficient (Wildman–Crippen LogP) is 3.59. The van der Waals surface area contributed by atoms with E-state index < -0.39 is 6.29 Å². The van der Waals surface area contributed by atoms with Gasteiger partial charge in [-0.25, -0.2) is 0 Å². The standard InChI is InChI=1S/C19H18N2O2/c20-15-8-6-14(7-9-15)19(22)23-18-11-10-16(21)12-17(18)13-4-2-1-3-5-13/h1-12,19,22H,20-21H2. The first kappa shape index (κ1) is 14.9. The van der Waals surface area contributed by atoms with Crippen molar-refractivity contribution < 1.29 is 9.84 Å². The molecule has 5 N–H and O–H groups in total. The second-order valence-electron chi connectivity index (χ2n) is 5.26. The van der Waals surface area contributed by atoms with Crippen LogP contribution in [-0.4, -0.2) is 5.11 Å². The van der Waals surface area contributed by atoms with E-state index >= 15 is 0 Å². The fraction of sp³-hybridized carbons (Fsp3) is 0.0526. The lowest BCUT2D eigenvalue weighted by molar-refractivity contribution is -0.0189. The largest absolute Gasteiger partial charge is 0.460 e. The van der Waals surface area contributed by atoms with Crippen LogP contribution in [0.4, 0.5) is 11.4 Å². The van der Waals surface area contributed by atoms with E-state index in [9.17, 15) is 5.11 Å². The maximum Gasteiger partial charge on any atom is 0.224 e. The number of aliphatic hydroxyl groups excluding tert-OH is 1. The van der Waals surface area contributed by atoms with Gasteiger partial charge in [0.05, 0.1) is 0 Å². The first-order chi connectivity index (χ1) is 11.1. The molecule has 23 heavy (non-hydrogen) atoms. The number of ether oxygens (including phenoxy) is 1. The zero-order valence-corrected chi connectivity index (χ0v) is 12.5. The van der Waals surface area contributed by atoms with Crippen LogP contribution in [0.3, 0.4) is 0 Å². The van der Waals surface area contributed by atoms with Gasteiger partial charge in [0.25, 0.3) is 0 Å². The minimum Gasteiger partial charge on any atom is -0.460 e. The van der Waals surface area contributed by atoms with Crippen LogP contribution in [0, 0.1) is 0 Å². The average Bonchev–Trinajstić information content (AvgIpc) is 2.58. The minimum atomic E-state index is -1.08. The van der Waals surface area contributed by atoms with Gasteiger partial charge in [-0.15, -0.1) is 0 Å². The molecule has 3 aromatic carbocycles. The van der Waals surface area contributed by atoms with E-state index in [1.807, 2.05) is 36.4 Å². The van der Waals surface area contributed by atoms with Gasteiger partial charge in [-0.05, 0) is 35.9 Å². The fourth-order valence-electron chi connectivity index (χ4n) is 2.34. The molecule has 0 amide bonds. The third kappa shape index (κ3) is 3.44. The maximum absolute atomic E-state index is 10.3. The van der Waals surface area contributed by atoms with Crippen molar-refractivity contribution in [3.63, 3.8) is 0 Å². The molecule has 0 heterocycles. The Labute approximate surface area is 134 Å². The summed E-state index contributed by atoms with van der Waals surface area (Å²) in [6, 6.07) is 22.0. The molecule has 0 saturated carbocycles. The second kappa shape index (κ2) is 6.42. The highest BCUT2D eigenvalue weighted by Crippen LogP contribution is 2.34. The Hall–Kier alpha value is -2.98. The van der Waals surface area contributed by atoms with E-state index in [2.05, 4.69) is 0 Å². The van der Waals surface area contributed by atoms with Gasteiger partial charge in [-0.1, -0.05) is 42.5 Å². The zero-order chi connectivity index (χ0) is 16.2. The molecule has 0 spiro atoms. The van der Waals surface area contributed by atoms with Crippen LogP contribution in [0.1, 0.15) is 11.9 Å². The van der Waals surface area contributed by atoms with Crippen molar-refractivity contribution in [2.24, 2.45) is 0 Å². The Balaban J connectivity index is 1.92. The average molecular weight is 306 g/mol. The van der Waals surface area contributed by atoms with Crippen LogP contribution in [0.5, 0.6) is 5.75 Å². The second-order valence-corrected chi connectivity index (χ2v) is 5.26. The Morgan fingerprint density at radius 3 is 2.13 bits per heavy atom. The minimum absolute atomic E-state index is 0.565. The summed E-state index contributed by atoms with van der Waals surface area (Å²) in [7, 11) is 0. The molecule has 116 valence electrons. The third-order valence-corrected chi connectivity index (χ3v) is 3.55. The van der Waals surface area contributed by atoms with Crippen LogP contribution in [0.15, 0.2) is 72.8 Å². The Kier molecular flexibility index (Phi) is 4.17. The Bertz CT molecular complexity index is 786. The van der Waals surface area contributed by atoms with Gasteiger partial charge in [-0.3, -0.25) is 0 Å². The lowest BCUT2D eigenvalue weighted by Gasteiger charge is -2.17. The number of hydrogen-bond acceptors (Lipinski definition) is 4. The molecule has 0 saturated heterocycles. The highest BCUT2D eigenvalue weighted by atomic mass is 16.6. The van der Waals surface area contributed by atoms with Crippen LogP contribution in [0.2, 0.25) is 0 Å². The van der Waals surface area contributed by atoms with E-state index in [4.69, 9.17) is 16.2 Å². The van der Waals surface area contributed by atoms with Crippen molar-refractivity contribution >= 4 is 11.4 Å². The van der Waals surface area contributed by atoms with Gasteiger partial charge in [0.15, 0.2) is 0 Å². The van der Waals surface area contributed by atoms with Gasteiger partial charge in [-0.2, -0.15) is 0 Å². The van der Waals surface area contributed by atoms with E-state index in [0.717, 1.165) is 11.1 Å². The van der Waals surface area contributed by atoms with Crippen LogP contribution < -0.4 is 16.2 Å². The summed E-state index contributed by atoms with van der Waals surface area (Å²) < 4.78 is 5.74.